The van der Waals surface area contributed by atoms with Crippen LogP contribution < -0.4 is 10.6 Å². The number of aromatic nitrogens is 3. The second-order valence-electron chi connectivity index (χ2n) is 5.73. The van der Waals surface area contributed by atoms with Crippen molar-refractivity contribution >= 4 is 29.9 Å². The number of halogens is 1. The summed E-state index contributed by atoms with van der Waals surface area (Å²) in [5.74, 6) is 1.83. The molecule has 2 heterocycles. The van der Waals surface area contributed by atoms with Crippen molar-refractivity contribution in [2.75, 3.05) is 33.4 Å². The van der Waals surface area contributed by atoms with Crippen molar-refractivity contribution in [3.8, 4) is 11.6 Å². The van der Waals surface area contributed by atoms with Gasteiger partial charge in [-0.3, -0.25) is 9.98 Å². The molecule has 0 atom stereocenters. The number of nitrogens with zero attached hydrogens (tertiary/aromatic N) is 4. The van der Waals surface area contributed by atoms with Gasteiger partial charge in [-0.1, -0.05) is 24.6 Å². The Morgan fingerprint density at radius 3 is 2.74 bits per heavy atom. The predicted molar refractivity (Wildman–Crippen MR) is 116 cm³/mol. The molecule has 0 aliphatic carbocycles. The number of rotatable bonds is 11. The first-order chi connectivity index (χ1) is 12.8. The van der Waals surface area contributed by atoms with Crippen LogP contribution in [0.4, 0.5) is 0 Å². The van der Waals surface area contributed by atoms with E-state index in [-0.39, 0.29) is 24.0 Å². The highest BCUT2D eigenvalue weighted by Gasteiger charge is 2.09. The van der Waals surface area contributed by atoms with Gasteiger partial charge in [0, 0.05) is 46.0 Å². The van der Waals surface area contributed by atoms with Crippen LogP contribution >= 0.6 is 24.0 Å². The van der Waals surface area contributed by atoms with Crippen molar-refractivity contribution in [1.82, 2.24) is 25.8 Å². The highest BCUT2D eigenvalue weighted by atomic mass is 127. The molecule has 150 valence electrons. The van der Waals surface area contributed by atoms with Crippen molar-refractivity contribution in [2.24, 2.45) is 4.99 Å². The molecule has 2 rings (SSSR count). The largest absolute Gasteiger partial charge is 0.381 e. The smallest absolute Gasteiger partial charge is 0.276 e. The predicted octanol–water partition coefficient (Wildman–Crippen LogP) is 2.66. The molecule has 2 aromatic heterocycles. The van der Waals surface area contributed by atoms with Gasteiger partial charge in [-0.25, -0.2) is 0 Å². The lowest BCUT2D eigenvalue weighted by Crippen LogP contribution is -2.39. The van der Waals surface area contributed by atoms with E-state index >= 15 is 0 Å². The van der Waals surface area contributed by atoms with Gasteiger partial charge in [0.05, 0.1) is 0 Å². The number of hydrogen-bond donors (Lipinski definition) is 2. The molecule has 0 aromatic carbocycles. The molecule has 0 saturated carbocycles. The van der Waals surface area contributed by atoms with E-state index in [1.165, 1.54) is 6.42 Å². The Balaban J connectivity index is 0.00000364. The SMILES string of the molecule is CCCCOCCCNC(=NC)NCCc1noc(-c2ccccn2)n1.I. The van der Waals surface area contributed by atoms with E-state index in [1.807, 2.05) is 18.2 Å². The average molecular weight is 488 g/mol. The van der Waals surface area contributed by atoms with Gasteiger partial charge >= 0.3 is 0 Å². The van der Waals surface area contributed by atoms with E-state index in [4.69, 9.17) is 9.26 Å². The van der Waals surface area contributed by atoms with Crippen molar-refractivity contribution in [3.63, 3.8) is 0 Å². The van der Waals surface area contributed by atoms with Crippen LogP contribution in [0.15, 0.2) is 33.9 Å². The molecular formula is C18H29IN6O2. The summed E-state index contributed by atoms with van der Waals surface area (Å²) in [6.45, 7) is 5.25. The van der Waals surface area contributed by atoms with Gasteiger partial charge in [-0.15, -0.1) is 24.0 Å². The minimum absolute atomic E-state index is 0. The van der Waals surface area contributed by atoms with E-state index in [9.17, 15) is 0 Å². The molecule has 2 aromatic rings. The first-order valence-electron chi connectivity index (χ1n) is 9.09. The number of unbranched alkanes of at least 4 members (excludes halogenated alkanes) is 1. The van der Waals surface area contributed by atoms with Crippen LogP contribution in [0.3, 0.4) is 0 Å². The molecule has 0 saturated heterocycles. The van der Waals surface area contributed by atoms with Crippen molar-refractivity contribution in [2.45, 2.75) is 32.6 Å². The quantitative estimate of drug-likeness (QED) is 0.217. The van der Waals surface area contributed by atoms with E-state index < -0.39 is 0 Å². The van der Waals surface area contributed by atoms with E-state index in [1.54, 1.807) is 13.2 Å². The number of aliphatic imine (C=N–C) groups is 1. The third-order valence-electron chi connectivity index (χ3n) is 3.62. The standard InChI is InChI=1S/C18H28N6O2.HI/c1-3-4-13-25-14-7-11-21-18(19-2)22-12-9-16-23-17(26-24-16)15-8-5-6-10-20-15;/h5-6,8,10H,3-4,7,9,11-14H2,1-2H3,(H2,19,21,22);1H. The molecule has 0 bridgehead atoms. The number of ether oxygens (including phenoxy) is 1. The number of guanidine groups is 1. The fourth-order valence-electron chi connectivity index (χ4n) is 2.19. The summed E-state index contributed by atoms with van der Waals surface area (Å²) in [5, 5.41) is 10.5. The molecule has 27 heavy (non-hydrogen) atoms. The van der Waals surface area contributed by atoms with Crippen molar-refractivity contribution in [3.05, 3.63) is 30.2 Å². The summed E-state index contributed by atoms with van der Waals surface area (Å²) in [7, 11) is 1.75. The van der Waals surface area contributed by atoms with Crippen LogP contribution in [0, 0.1) is 0 Å². The van der Waals surface area contributed by atoms with Gasteiger partial charge in [0.25, 0.3) is 5.89 Å². The molecule has 8 nitrogen and oxygen atoms in total. The summed E-state index contributed by atoms with van der Waals surface area (Å²) in [4.78, 5) is 12.8. The first kappa shape index (κ1) is 23.3. The highest BCUT2D eigenvalue weighted by molar-refractivity contribution is 14.0. The minimum atomic E-state index is 0. The normalized spacial score (nSPS) is 11.1. The zero-order valence-corrected chi connectivity index (χ0v) is 18.3. The summed E-state index contributed by atoms with van der Waals surface area (Å²) >= 11 is 0. The summed E-state index contributed by atoms with van der Waals surface area (Å²) < 4.78 is 10.8. The summed E-state index contributed by atoms with van der Waals surface area (Å²) in [5.41, 5.74) is 0.679. The maximum atomic E-state index is 5.53. The highest BCUT2D eigenvalue weighted by Crippen LogP contribution is 2.12. The van der Waals surface area contributed by atoms with Crippen LogP contribution in [-0.2, 0) is 11.2 Å². The molecule has 0 aliphatic rings. The van der Waals surface area contributed by atoms with E-state index in [0.29, 0.717) is 30.4 Å². The molecule has 0 spiro atoms. The maximum Gasteiger partial charge on any atom is 0.276 e. The van der Waals surface area contributed by atoms with Gasteiger partial charge in [0.15, 0.2) is 11.8 Å². The molecule has 0 aliphatic heterocycles. The molecule has 0 unspecified atom stereocenters. The Morgan fingerprint density at radius 1 is 1.19 bits per heavy atom. The van der Waals surface area contributed by atoms with E-state index in [2.05, 4.69) is 37.7 Å². The van der Waals surface area contributed by atoms with Crippen LogP contribution in [0.2, 0.25) is 0 Å². The fraction of sp³-hybridized carbons (Fsp3) is 0.556. The molecule has 0 radical (unpaired) electrons. The average Bonchev–Trinajstić information content (AvgIpc) is 3.15. The Labute approximate surface area is 177 Å². The maximum absolute atomic E-state index is 5.53. The number of pyridine rings is 1. The van der Waals surface area contributed by atoms with Crippen LogP contribution in [0.1, 0.15) is 32.0 Å². The van der Waals surface area contributed by atoms with Gasteiger partial charge in [0.2, 0.25) is 0 Å². The van der Waals surface area contributed by atoms with Crippen molar-refractivity contribution in [1.29, 1.82) is 0 Å². The Kier molecular flexibility index (Phi) is 12.4. The lowest BCUT2D eigenvalue weighted by Gasteiger charge is -2.11. The third kappa shape index (κ3) is 9.14. The van der Waals surface area contributed by atoms with Crippen molar-refractivity contribution < 1.29 is 9.26 Å². The second kappa shape index (κ2) is 14.3. The Bertz CT molecular complexity index is 650. The third-order valence-corrected chi connectivity index (χ3v) is 3.62. The fourth-order valence-corrected chi connectivity index (χ4v) is 2.19. The number of nitrogens with one attached hydrogen (secondary N) is 2. The number of hydrogen-bond acceptors (Lipinski definition) is 6. The van der Waals surface area contributed by atoms with E-state index in [0.717, 1.165) is 38.6 Å². The Morgan fingerprint density at radius 2 is 2.00 bits per heavy atom. The zero-order chi connectivity index (χ0) is 18.5. The monoisotopic (exact) mass is 488 g/mol. The zero-order valence-electron chi connectivity index (χ0n) is 16.0. The van der Waals surface area contributed by atoms with Gasteiger partial charge in [-0.2, -0.15) is 4.98 Å². The molecular weight excluding hydrogens is 459 g/mol. The second-order valence-corrected chi connectivity index (χ2v) is 5.73. The molecule has 0 fully saturated rings. The van der Waals surface area contributed by atoms with Gasteiger partial charge in [-0.05, 0) is 25.0 Å². The summed E-state index contributed by atoms with van der Waals surface area (Å²) in [6.07, 6.45) is 5.57. The lowest BCUT2D eigenvalue weighted by atomic mass is 10.3. The lowest BCUT2D eigenvalue weighted by molar-refractivity contribution is 0.129. The molecule has 0 amide bonds. The van der Waals surface area contributed by atoms with Crippen LogP contribution in [0.25, 0.3) is 11.6 Å². The minimum Gasteiger partial charge on any atom is -0.381 e. The first-order valence-corrected chi connectivity index (χ1v) is 9.09. The molecule has 2 N–H and O–H groups in total. The molecule has 9 heteroatoms. The van der Waals surface area contributed by atoms with Gasteiger partial charge in [0.1, 0.15) is 5.69 Å². The summed E-state index contributed by atoms with van der Waals surface area (Å²) in [6, 6.07) is 5.58. The van der Waals surface area contributed by atoms with Crippen LogP contribution in [0.5, 0.6) is 0 Å². The van der Waals surface area contributed by atoms with Crippen LogP contribution in [-0.4, -0.2) is 54.4 Å². The van der Waals surface area contributed by atoms with Gasteiger partial charge < -0.3 is 19.9 Å². The topological polar surface area (TPSA) is 97.5 Å². The Hall–Kier alpha value is -1.75.